The van der Waals surface area contributed by atoms with Crippen molar-refractivity contribution in [3.63, 3.8) is 0 Å². The molecule has 0 aliphatic carbocycles. The van der Waals surface area contributed by atoms with Gasteiger partial charge in [-0.1, -0.05) is 19.1 Å². The van der Waals surface area contributed by atoms with Gasteiger partial charge in [0.15, 0.2) is 0 Å². The number of hydrogen-bond donors (Lipinski definition) is 3. The van der Waals surface area contributed by atoms with Gasteiger partial charge in [-0.15, -0.1) is 0 Å². The molecule has 0 bridgehead atoms. The molecule has 0 saturated heterocycles. The minimum atomic E-state index is -0.190. The molecular weight excluding hydrogens is 240 g/mol. The van der Waals surface area contributed by atoms with E-state index >= 15 is 0 Å². The summed E-state index contributed by atoms with van der Waals surface area (Å²) < 4.78 is 0. The topological polar surface area (TPSA) is 69.8 Å². The third kappa shape index (κ3) is 3.42. The van der Waals surface area contributed by atoms with Crippen molar-refractivity contribution in [2.75, 3.05) is 11.9 Å². The van der Waals surface area contributed by atoms with Gasteiger partial charge in [0.1, 0.15) is 5.69 Å². The number of nitrogens with one attached hydrogen (secondary N) is 3. The predicted molar refractivity (Wildman–Crippen MR) is 75.1 cm³/mol. The van der Waals surface area contributed by atoms with Gasteiger partial charge in [-0.3, -0.25) is 9.89 Å². The van der Waals surface area contributed by atoms with Gasteiger partial charge in [-0.05, 0) is 37.2 Å². The first-order valence-electron chi connectivity index (χ1n) is 6.34. The highest BCUT2D eigenvalue weighted by atomic mass is 16.1. The van der Waals surface area contributed by atoms with Crippen LogP contribution < -0.4 is 10.6 Å². The van der Waals surface area contributed by atoms with Gasteiger partial charge in [0.05, 0.1) is 0 Å². The zero-order valence-electron chi connectivity index (χ0n) is 11.1. The SMILES string of the molecule is CCNC(C)c1ccc(NC(=O)c2ccn[nH]2)cc1. The number of aromatic amines is 1. The molecule has 19 heavy (non-hydrogen) atoms. The van der Waals surface area contributed by atoms with E-state index in [2.05, 4.69) is 34.7 Å². The predicted octanol–water partition coefficient (Wildman–Crippen LogP) is 2.33. The van der Waals surface area contributed by atoms with E-state index in [1.807, 2.05) is 24.3 Å². The zero-order valence-corrected chi connectivity index (χ0v) is 11.1. The van der Waals surface area contributed by atoms with E-state index in [0.717, 1.165) is 12.2 Å². The van der Waals surface area contributed by atoms with Crippen LogP contribution in [0, 0.1) is 0 Å². The fraction of sp³-hybridized carbons (Fsp3) is 0.286. The first-order chi connectivity index (χ1) is 9.20. The van der Waals surface area contributed by atoms with Crippen LogP contribution in [0.5, 0.6) is 0 Å². The maximum absolute atomic E-state index is 11.8. The molecule has 1 heterocycles. The molecule has 1 aromatic heterocycles. The summed E-state index contributed by atoms with van der Waals surface area (Å²) in [5.74, 6) is -0.190. The van der Waals surface area contributed by atoms with Gasteiger partial charge in [-0.25, -0.2) is 0 Å². The molecule has 0 aliphatic rings. The van der Waals surface area contributed by atoms with Crippen molar-refractivity contribution in [3.05, 3.63) is 47.8 Å². The maximum atomic E-state index is 11.8. The third-order valence-corrected chi connectivity index (χ3v) is 2.92. The molecule has 0 fully saturated rings. The van der Waals surface area contributed by atoms with Crippen molar-refractivity contribution in [2.45, 2.75) is 19.9 Å². The molecule has 1 amide bonds. The quantitative estimate of drug-likeness (QED) is 0.771. The molecule has 100 valence electrons. The number of anilines is 1. The Balaban J connectivity index is 2.01. The van der Waals surface area contributed by atoms with Crippen LogP contribution in [0.2, 0.25) is 0 Å². The largest absolute Gasteiger partial charge is 0.321 e. The van der Waals surface area contributed by atoms with Crippen LogP contribution in [0.25, 0.3) is 0 Å². The van der Waals surface area contributed by atoms with Gasteiger partial charge >= 0.3 is 0 Å². The summed E-state index contributed by atoms with van der Waals surface area (Å²) in [5.41, 5.74) is 2.42. The summed E-state index contributed by atoms with van der Waals surface area (Å²) in [6, 6.07) is 9.76. The number of nitrogens with zero attached hydrogens (tertiary/aromatic N) is 1. The van der Waals surface area contributed by atoms with Gasteiger partial charge in [0.2, 0.25) is 0 Å². The van der Waals surface area contributed by atoms with Crippen LogP contribution in [0.1, 0.15) is 35.9 Å². The van der Waals surface area contributed by atoms with Gasteiger partial charge < -0.3 is 10.6 Å². The first-order valence-corrected chi connectivity index (χ1v) is 6.34. The maximum Gasteiger partial charge on any atom is 0.273 e. The highest BCUT2D eigenvalue weighted by molar-refractivity contribution is 6.02. The fourth-order valence-corrected chi connectivity index (χ4v) is 1.86. The average Bonchev–Trinajstić information content (AvgIpc) is 2.94. The zero-order chi connectivity index (χ0) is 13.7. The second-order valence-corrected chi connectivity index (χ2v) is 4.33. The molecule has 2 rings (SSSR count). The summed E-state index contributed by atoms with van der Waals surface area (Å²) in [4.78, 5) is 11.8. The van der Waals surface area contributed by atoms with Gasteiger partial charge in [0.25, 0.3) is 5.91 Å². The van der Waals surface area contributed by atoms with Crippen LogP contribution in [-0.2, 0) is 0 Å². The molecule has 3 N–H and O–H groups in total. The van der Waals surface area contributed by atoms with E-state index in [0.29, 0.717) is 11.7 Å². The smallest absolute Gasteiger partial charge is 0.273 e. The molecule has 0 saturated carbocycles. The Kier molecular flexibility index (Phi) is 4.30. The van der Waals surface area contributed by atoms with Gasteiger partial charge in [0, 0.05) is 17.9 Å². The van der Waals surface area contributed by atoms with Crippen molar-refractivity contribution < 1.29 is 4.79 Å². The van der Waals surface area contributed by atoms with Crippen LogP contribution in [-0.4, -0.2) is 22.6 Å². The Morgan fingerprint density at radius 3 is 2.63 bits per heavy atom. The Morgan fingerprint density at radius 2 is 2.05 bits per heavy atom. The van der Waals surface area contributed by atoms with E-state index in [1.54, 1.807) is 12.3 Å². The number of amides is 1. The lowest BCUT2D eigenvalue weighted by Gasteiger charge is -2.13. The molecule has 0 spiro atoms. The van der Waals surface area contributed by atoms with Crippen LogP contribution in [0.15, 0.2) is 36.5 Å². The molecule has 1 aromatic carbocycles. The fourth-order valence-electron chi connectivity index (χ4n) is 1.86. The van der Waals surface area contributed by atoms with Crippen LogP contribution in [0.3, 0.4) is 0 Å². The van der Waals surface area contributed by atoms with Crippen molar-refractivity contribution in [1.29, 1.82) is 0 Å². The third-order valence-electron chi connectivity index (χ3n) is 2.92. The Hall–Kier alpha value is -2.14. The van der Waals surface area contributed by atoms with Crippen molar-refractivity contribution in [1.82, 2.24) is 15.5 Å². The molecular formula is C14H18N4O. The van der Waals surface area contributed by atoms with Crippen molar-refractivity contribution >= 4 is 11.6 Å². The molecule has 1 unspecified atom stereocenters. The molecule has 2 aromatic rings. The van der Waals surface area contributed by atoms with E-state index in [9.17, 15) is 4.79 Å². The Labute approximate surface area is 112 Å². The minimum absolute atomic E-state index is 0.190. The lowest BCUT2D eigenvalue weighted by molar-refractivity contribution is 0.102. The van der Waals surface area contributed by atoms with E-state index < -0.39 is 0 Å². The summed E-state index contributed by atoms with van der Waals surface area (Å²) >= 11 is 0. The second-order valence-electron chi connectivity index (χ2n) is 4.33. The number of benzene rings is 1. The number of rotatable bonds is 5. The van der Waals surface area contributed by atoms with Crippen molar-refractivity contribution in [2.24, 2.45) is 0 Å². The summed E-state index contributed by atoms with van der Waals surface area (Å²) in [7, 11) is 0. The van der Waals surface area contributed by atoms with E-state index in [4.69, 9.17) is 0 Å². The Bertz CT molecular complexity index is 519. The highest BCUT2D eigenvalue weighted by Crippen LogP contribution is 2.16. The van der Waals surface area contributed by atoms with E-state index in [1.165, 1.54) is 5.56 Å². The first kappa shape index (κ1) is 13.3. The van der Waals surface area contributed by atoms with Crippen LogP contribution >= 0.6 is 0 Å². The molecule has 5 nitrogen and oxygen atoms in total. The monoisotopic (exact) mass is 258 g/mol. The van der Waals surface area contributed by atoms with E-state index in [-0.39, 0.29) is 5.91 Å². The number of hydrogen-bond acceptors (Lipinski definition) is 3. The molecule has 0 radical (unpaired) electrons. The number of carbonyl (C=O) groups is 1. The number of aromatic nitrogens is 2. The lowest BCUT2D eigenvalue weighted by Crippen LogP contribution is -2.17. The summed E-state index contributed by atoms with van der Waals surface area (Å²) in [6.07, 6.45) is 1.55. The number of H-pyrrole nitrogens is 1. The summed E-state index contributed by atoms with van der Waals surface area (Å²) in [5, 5.41) is 12.5. The minimum Gasteiger partial charge on any atom is -0.321 e. The lowest BCUT2D eigenvalue weighted by atomic mass is 10.1. The second kappa shape index (κ2) is 6.15. The molecule has 1 atom stereocenters. The average molecular weight is 258 g/mol. The highest BCUT2D eigenvalue weighted by Gasteiger charge is 2.08. The van der Waals surface area contributed by atoms with Gasteiger partial charge in [-0.2, -0.15) is 5.10 Å². The van der Waals surface area contributed by atoms with Crippen molar-refractivity contribution in [3.8, 4) is 0 Å². The molecule has 5 heteroatoms. The normalized spacial score (nSPS) is 12.1. The standard InChI is InChI=1S/C14H18N4O/c1-3-15-10(2)11-4-6-12(7-5-11)17-14(19)13-8-9-16-18-13/h4-10,15H,3H2,1-2H3,(H,16,18)(H,17,19). The Morgan fingerprint density at radius 1 is 1.32 bits per heavy atom. The molecule has 0 aliphatic heterocycles. The van der Waals surface area contributed by atoms with Crippen LogP contribution in [0.4, 0.5) is 5.69 Å². The summed E-state index contributed by atoms with van der Waals surface area (Å²) in [6.45, 7) is 5.12. The number of carbonyl (C=O) groups excluding carboxylic acids is 1.